The molecule has 0 aliphatic rings. The number of anilines is 3. The molecule has 0 aliphatic carbocycles. The van der Waals surface area contributed by atoms with Crippen LogP contribution in [0.25, 0.3) is 0 Å². The zero-order valence-electron chi connectivity index (χ0n) is 11.6. The Hall–Kier alpha value is -2.15. The Morgan fingerprint density at radius 2 is 2.05 bits per heavy atom. The van der Waals surface area contributed by atoms with E-state index in [0.29, 0.717) is 18.2 Å². The molecule has 0 saturated carbocycles. The van der Waals surface area contributed by atoms with Crippen molar-refractivity contribution in [2.75, 3.05) is 24.8 Å². The molecule has 0 saturated heterocycles. The Morgan fingerprint density at radius 1 is 1.32 bits per heavy atom. The summed E-state index contributed by atoms with van der Waals surface area (Å²) in [5.41, 5.74) is 1.84. The number of rotatable bonds is 5. The number of aromatic nitrogens is 4. The standard InChI is InChI=1S/C12H18N6O/c1-8-9(6-18(3)17-8)14-11-5-10(13-2)15-12(16-11)7-19-4/h5-6H,7H2,1-4H3,(H2,13,14,15,16). The Labute approximate surface area is 112 Å². The molecule has 0 radical (unpaired) electrons. The van der Waals surface area contributed by atoms with Gasteiger partial charge in [-0.15, -0.1) is 0 Å². The number of ether oxygens (including phenoxy) is 1. The molecule has 0 aliphatic heterocycles. The van der Waals surface area contributed by atoms with E-state index >= 15 is 0 Å². The van der Waals surface area contributed by atoms with E-state index in [-0.39, 0.29) is 0 Å². The third-order valence-corrected chi connectivity index (χ3v) is 2.58. The Bertz CT molecular complexity index is 565. The molecule has 2 N–H and O–H groups in total. The number of methoxy groups -OCH3 is 1. The highest BCUT2D eigenvalue weighted by Gasteiger charge is 2.07. The van der Waals surface area contributed by atoms with E-state index in [2.05, 4.69) is 25.7 Å². The third kappa shape index (κ3) is 3.19. The lowest BCUT2D eigenvalue weighted by atomic mass is 10.4. The largest absolute Gasteiger partial charge is 0.377 e. The van der Waals surface area contributed by atoms with E-state index in [0.717, 1.165) is 17.2 Å². The maximum atomic E-state index is 5.06. The van der Waals surface area contributed by atoms with Gasteiger partial charge < -0.3 is 15.4 Å². The minimum Gasteiger partial charge on any atom is -0.377 e. The molecular formula is C12H18N6O. The van der Waals surface area contributed by atoms with Crippen LogP contribution in [-0.4, -0.2) is 33.9 Å². The van der Waals surface area contributed by atoms with Gasteiger partial charge in [0, 0.05) is 33.5 Å². The fourth-order valence-electron chi connectivity index (χ4n) is 1.74. The molecule has 0 spiro atoms. The summed E-state index contributed by atoms with van der Waals surface area (Å²) >= 11 is 0. The van der Waals surface area contributed by atoms with Crippen LogP contribution in [0.2, 0.25) is 0 Å². The zero-order chi connectivity index (χ0) is 13.8. The number of hydrogen-bond acceptors (Lipinski definition) is 6. The Balaban J connectivity index is 2.28. The van der Waals surface area contributed by atoms with Gasteiger partial charge in [0.15, 0.2) is 5.82 Å². The van der Waals surface area contributed by atoms with Crippen molar-refractivity contribution < 1.29 is 4.74 Å². The smallest absolute Gasteiger partial charge is 0.158 e. The molecule has 102 valence electrons. The molecule has 2 heterocycles. The van der Waals surface area contributed by atoms with Crippen LogP contribution >= 0.6 is 0 Å². The normalized spacial score (nSPS) is 10.5. The van der Waals surface area contributed by atoms with E-state index in [1.807, 2.05) is 33.3 Å². The monoisotopic (exact) mass is 262 g/mol. The van der Waals surface area contributed by atoms with Gasteiger partial charge in [0.2, 0.25) is 0 Å². The minimum atomic E-state index is 0.371. The van der Waals surface area contributed by atoms with E-state index < -0.39 is 0 Å². The fourth-order valence-corrected chi connectivity index (χ4v) is 1.74. The van der Waals surface area contributed by atoms with Crippen molar-refractivity contribution in [2.24, 2.45) is 7.05 Å². The molecule has 0 aromatic carbocycles. The van der Waals surface area contributed by atoms with E-state index in [4.69, 9.17) is 4.74 Å². The predicted octanol–water partition coefficient (Wildman–Crippen LogP) is 1.45. The second kappa shape index (κ2) is 5.66. The summed E-state index contributed by atoms with van der Waals surface area (Å²) in [6.07, 6.45) is 1.91. The Kier molecular flexibility index (Phi) is 3.96. The first-order valence-corrected chi connectivity index (χ1v) is 5.94. The number of hydrogen-bond donors (Lipinski definition) is 2. The first kappa shape index (κ1) is 13.3. The molecule has 7 nitrogen and oxygen atoms in total. The number of nitrogens with one attached hydrogen (secondary N) is 2. The predicted molar refractivity (Wildman–Crippen MR) is 73.5 cm³/mol. The van der Waals surface area contributed by atoms with Gasteiger partial charge in [-0.1, -0.05) is 0 Å². The molecular weight excluding hydrogens is 244 g/mol. The molecule has 0 bridgehead atoms. The van der Waals surface area contributed by atoms with Crippen molar-refractivity contribution in [1.82, 2.24) is 19.7 Å². The summed E-state index contributed by atoms with van der Waals surface area (Å²) in [5.74, 6) is 2.08. The van der Waals surface area contributed by atoms with Crippen LogP contribution in [0.5, 0.6) is 0 Å². The minimum absolute atomic E-state index is 0.371. The molecule has 0 amide bonds. The quantitative estimate of drug-likeness (QED) is 0.849. The van der Waals surface area contributed by atoms with Gasteiger partial charge in [0.1, 0.15) is 18.2 Å². The highest BCUT2D eigenvalue weighted by Crippen LogP contribution is 2.19. The first-order valence-electron chi connectivity index (χ1n) is 5.94. The zero-order valence-corrected chi connectivity index (χ0v) is 11.6. The second-order valence-electron chi connectivity index (χ2n) is 4.16. The van der Waals surface area contributed by atoms with Crippen molar-refractivity contribution in [1.29, 1.82) is 0 Å². The van der Waals surface area contributed by atoms with Crippen LogP contribution in [0, 0.1) is 6.92 Å². The fraction of sp³-hybridized carbons (Fsp3) is 0.417. The van der Waals surface area contributed by atoms with Crippen molar-refractivity contribution in [3.63, 3.8) is 0 Å². The van der Waals surface area contributed by atoms with E-state index in [1.165, 1.54) is 0 Å². The molecule has 0 unspecified atom stereocenters. The number of nitrogens with zero attached hydrogens (tertiary/aromatic N) is 4. The molecule has 19 heavy (non-hydrogen) atoms. The van der Waals surface area contributed by atoms with Gasteiger partial charge in [0.05, 0.1) is 11.4 Å². The van der Waals surface area contributed by atoms with E-state index in [1.54, 1.807) is 11.8 Å². The summed E-state index contributed by atoms with van der Waals surface area (Å²) in [5, 5.41) is 10.5. The highest BCUT2D eigenvalue weighted by molar-refractivity contribution is 5.60. The van der Waals surface area contributed by atoms with Crippen LogP contribution in [0.4, 0.5) is 17.3 Å². The highest BCUT2D eigenvalue weighted by atomic mass is 16.5. The van der Waals surface area contributed by atoms with E-state index in [9.17, 15) is 0 Å². The van der Waals surface area contributed by atoms with Crippen LogP contribution < -0.4 is 10.6 Å². The average molecular weight is 262 g/mol. The van der Waals surface area contributed by atoms with Gasteiger partial charge in [-0.2, -0.15) is 5.10 Å². The summed E-state index contributed by atoms with van der Waals surface area (Å²) in [7, 11) is 5.32. The Morgan fingerprint density at radius 3 is 2.63 bits per heavy atom. The van der Waals surface area contributed by atoms with Crippen LogP contribution in [0.3, 0.4) is 0 Å². The number of aryl methyl sites for hydroxylation is 2. The summed E-state index contributed by atoms with van der Waals surface area (Å²) in [6.45, 7) is 2.31. The summed E-state index contributed by atoms with van der Waals surface area (Å²) < 4.78 is 6.82. The van der Waals surface area contributed by atoms with Crippen LogP contribution in [-0.2, 0) is 18.4 Å². The van der Waals surface area contributed by atoms with Crippen molar-refractivity contribution in [3.8, 4) is 0 Å². The molecule has 7 heteroatoms. The van der Waals surface area contributed by atoms with Crippen molar-refractivity contribution in [3.05, 3.63) is 23.8 Å². The second-order valence-corrected chi connectivity index (χ2v) is 4.16. The summed E-state index contributed by atoms with van der Waals surface area (Å²) in [6, 6.07) is 1.84. The molecule has 2 rings (SSSR count). The maximum Gasteiger partial charge on any atom is 0.158 e. The third-order valence-electron chi connectivity index (χ3n) is 2.58. The maximum absolute atomic E-state index is 5.06. The van der Waals surface area contributed by atoms with Gasteiger partial charge in [0.25, 0.3) is 0 Å². The van der Waals surface area contributed by atoms with Gasteiger partial charge in [-0.3, -0.25) is 4.68 Å². The first-order chi connectivity index (χ1) is 9.12. The van der Waals surface area contributed by atoms with Gasteiger partial charge in [-0.25, -0.2) is 9.97 Å². The molecule has 0 atom stereocenters. The lowest BCUT2D eigenvalue weighted by Gasteiger charge is -2.08. The lowest BCUT2D eigenvalue weighted by molar-refractivity contribution is 0.178. The molecule has 2 aromatic heterocycles. The SMILES string of the molecule is CNc1cc(Nc2cn(C)nc2C)nc(COC)n1. The van der Waals surface area contributed by atoms with Crippen molar-refractivity contribution >= 4 is 17.3 Å². The van der Waals surface area contributed by atoms with Gasteiger partial charge >= 0.3 is 0 Å². The average Bonchev–Trinajstić information content (AvgIpc) is 2.68. The van der Waals surface area contributed by atoms with Gasteiger partial charge in [-0.05, 0) is 6.92 Å². The molecule has 0 fully saturated rings. The van der Waals surface area contributed by atoms with Crippen molar-refractivity contribution in [2.45, 2.75) is 13.5 Å². The van der Waals surface area contributed by atoms with Crippen LogP contribution in [0.1, 0.15) is 11.5 Å². The lowest BCUT2D eigenvalue weighted by Crippen LogP contribution is -2.04. The topological polar surface area (TPSA) is 76.9 Å². The van der Waals surface area contributed by atoms with Crippen LogP contribution in [0.15, 0.2) is 12.3 Å². The molecule has 2 aromatic rings. The summed E-state index contributed by atoms with van der Waals surface area (Å²) in [4.78, 5) is 8.70.